The molecule has 1 N–H and O–H groups in total. The second-order valence-corrected chi connectivity index (χ2v) is 3.69. The predicted molar refractivity (Wildman–Crippen MR) is 66.6 cm³/mol. The summed E-state index contributed by atoms with van der Waals surface area (Å²) in [4.78, 5) is 20.9. The van der Waals surface area contributed by atoms with E-state index in [1.807, 2.05) is 0 Å². The highest BCUT2D eigenvalue weighted by Gasteiger charge is 2.08. The Morgan fingerprint density at radius 2 is 1.74 bits per heavy atom. The van der Waals surface area contributed by atoms with Crippen molar-refractivity contribution in [3.8, 4) is 11.5 Å². The van der Waals surface area contributed by atoms with Gasteiger partial charge in [-0.2, -0.15) is 0 Å². The van der Waals surface area contributed by atoms with Crippen molar-refractivity contribution in [3.63, 3.8) is 0 Å². The minimum atomic E-state index is -1.07. The number of carboxylic acids is 1. The van der Waals surface area contributed by atoms with Gasteiger partial charge in [0.2, 0.25) is 0 Å². The van der Waals surface area contributed by atoms with Gasteiger partial charge in [-0.25, -0.2) is 4.79 Å². The van der Waals surface area contributed by atoms with Crippen molar-refractivity contribution in [2.24, 2.45) is 0 Å². The van der Waals surface area contributed by atoms with Crippen LogP contribution >= 0.6 is 0 Å². The summed E-state index contributed by atoms with van der Waals surface area (Å²) in [6.07, 6.45) is 0. The lowest BCUT2D eigenvalue weighted by molar-refractivity contribution is -0.384. The van der Waals surface area contributed by atoms with Gasteiger partial charge in [-0.1, -0.05) is 12.1 Å². The van der Waals surface area contributed by atoms with Gasteiger partial charge in [0.25, 0.3) is 5.69 Å². The maximum Gasteiger partial charge on any atom is 0.335 e. The van der Waals surface area contributed by atoms with Gasteiger partial charge in [-0.15, -0.1) is 0 Å². The fourth-order valence-electron chi connectivity index (χ4n) is 1.49. The minimum absolute atomic E-state index is 0.0860. The predicted octanol–water partition coefficient (Wildman–Crippen LogP) is 3.09. The van der Waals surface area contributed by atoms with Crippen LogP contribution < -0.4 is 4.74 Å². The number of carbonyl (C=O) groups is 1. The fraction of sp³-hybridized carbons (Fsp3) is 0. The summed E-state index contributed by atoms with van der Waals surface area (Å²) in [5.41, 5.74) is -0.00480. The molecule has 6 heteroatoms. The quantitative estimate of drug-likeness (QED) is 0.673. The normalized spacial score (nSPS) is 9.89. The third-order valence-corrected chi connectivity index (χ3v) is 2.35. The van der Waals surface area contributed by atoms with Crippen molar-refractivity contribution < 1.29 is 19.6 Å². The SMILES string of the molecule is O=C(O)c1cccc(Oc2cccc([N+](=O)[O-])c2)c1. The van der Waals surface area contributed by atoms with Crippen LogP contribution in [0.15, 0.2) is 48.5 Å². The van der Waals surface area contributed by atoms with Crippen LogP contribution in [-0.4, -0.2) is 16.0 Å². The van der Waals surface area contributed by atoms with Gasteiger partial charge in [-0.3, -0.25) is 10.1 Å². The zero-order chi connectivity index (χ0) is 13.8. The lowest BCUT2D eigenvalue weighted by Crippen LogP contribution is -1.96. The summed E-state index contributed by atoms with van der Waals surface area (Å²) in [5, 5.41) is 19.5. The molecule has 19 heavy (non-hydrogen) atoms. The van der Waals surface area contributed by atoms with E-state index >= 15 is 0 Å². The lowest BCUT2D eigenvalue weighted by atomic mass is 10.2. The van der Waals surface area contributed by atoms with Gasteiger partial charge in [0.15, 0.2) is 0 Å². The number of hydrogen-bond acceptors (Lipinski definition) is 4. The molecule has 0 unspecified atom stereocenters. The highest BCUT2D eigenvalue weighted by atomic mass is 16.6. The molecule has 0 aromatic heterocycles. The van der Waals surface area contributed by atoms with E-state index in [1.54, 1.807) is 12.1 Å². The lowest BCUT2D eigenvalue weighted by Gasteiger charge is -2.06. The molecule has 0 fully saturated rings. The Balaban J connectivity index is 2.26. The number of non-ortho nitro benzene ring substituents is 1. The van der Waals surface area contributed by atoms with Crippen molar-refractivity contribution >= 4 is 11.7 Å². The molecule has 0 heterocycles. The van der Waals surface area contributed by atoms with Crippen LogP contribution in [0, 0.1) is 10.1 Å². The Hall–Kier alpha value is -2.89. The smallest absolute Gasteiger partial charge is 0.335 e. The summed E-state index contributed by atoms with van der Waals surface area (Å²) in [7, 11) is 0. The number of rotatable bonds is 4. The molecule has 6 nitrogen and oxygen atoms in total. The Kier molecular flexibility index (Phi) is 3.42. The third kappa shape index (κ3) is 3.06. The molecule has 2 rings (SSSR count). The largest absolute Gasteiger partial charge is 0.478 e. The van der Waals surface area contributed by atoms with Crippen molar-refractivity contribution in [3.05, 3.63) is 64.2 Å². The molecule has 2 aromatic rings. The molecule has 0 spiro atoms. The first-order valence-electron chi connectivity index (χ1n) is 5.32. The number of ether oxygens (including phenoxy) is 1. The second-order valence-electron chi connectivity index (χ2n) is 3.69. The first-order valence-corrected chi connectivity index (χ1v) is 5.32. The van der Waals surface area contributed by atoms with Crippen molar-refractivity contribution in [1.29, 1.82) is 0 Å². The summed E-state index contributed by atoms with van der Waals surface area (Å²) in [5.74, 6) is -0.485. The van der Waals surface area contributed by atoms with Crippen LogP contribution in [0.25, 0.3) is 0 Å². The maximum absolute atomic E-state index is 10.8. The van der Waals surface area contributed by atoms with E-state index in [2.05, 4.69) is 0 Å². The van der Waals surface area contributed by atoms with Crippen LogP contribution in [0.5, 0.6) is 11.5 Å². The monoisotopic (exact) mass is 259 g/mol. The topological polar surface area (TPSA) is 89.7 Å². The first-order chi connectivity index (χ1) is 9.06. The number of nitro groups is 1. The van der Waals surface area contributed by atoms with E-state index in [1.165, 1.54) is 36.4 Å². The van der Waals surface area contributed by atoms with Gasteiger partial charge < -0.3 is 9.84 Å². The summed E-state index contributed by atoms with van der Waals surface area (Å²) in [6.45, 7) is 0. The van der Waals surface area contributed by atoms with E-state index in [0.717, 1.165) is 0 Å². The van der Waals surface area contributed by atoms with E-state index < -0.39 is 10.9 Å². The molecule has 0 radical (unpaired) electrons. The Bertz CT molecular complexity index is 583. The maximum atomic E-state index is 10.8. The number of nitrogens with zero attached hydrogens (tertiary/aromatic N) is 1. The molecular weight excluding hydrogens is 250 g/mol. The van der Waals surface area contributed by atoms with Gasteiger partial charge in [0.1, 0.15) is 11.5 Å². The zero-order valence-corrected chi connectivity index (χ0v) is 9.65. The van der Waals surface area contributed by atoms with Crippen LogP contribution in [0.4, 0.5) is 5.69 Å². The molecule has 0 saturated heterocycles. The van der Waals surface area contributed by atoms with Crippen LogP contribution in [0.2, 0.25) is 0 Å². The number of carboxylic acid groups (broad SMARTS) is 1. The average molecular weight is 259 g/mol. The summed E-state index contributed by atoms with van der Waals surface area (Å²) < 4.78 is 5.39. The van der Waals surface area contributed by atoms with Crippen LogP contribution in [0.1, 0.15) is 10.4 Å². The van der Waals surface area contributed by atoms with Crippen molar-refractivity contribution in [1.82, 2.24) is 0 Å². The average Bonchev–Trinajstić information content (AvgIpc) is 2.39. The summed E-state index contributed by atoms with van der Waals surface area (Å²) in [6, 6.07) is 11.6. The minimum Gasteiger partial charge on any atom is -0.478 e. The molecule has 0 atom stereocenters. The highest BCUT2D eigenvalue weighted by molar-refractivity contribution is 5.88. The number of benzene rings is 2. The molecule has 96 valence electrons. The van der Waals surface area contributed by atoms with E-state index in [9.17, 15) is 14.9 Å². The molecule has 2 aromatic carbocycles. The number of hydrogen-bond donors (Lipinski definition) is 1. The molecule has 0 aliphatic rings. The van der Waals surface area contributed by atoms with Gasteiger partial charge >= 0.3 is 5.97 Å². The van der Waals surface area contributed by atoms with Gasteiger partial charge in [-0.05, 0) is 24.3 Å². The Morgan fingerprint density at radius 3 is 2.37 bits per heavy atom. The third-order valence-electron chi connectivity index (χ3n) is 2.35. The van der Waals surface area contributed by atoms with Gasteiger partial charge in [0, 0.05) is 6.07 Å². The molecule has 0 aliphatic heterocycles. The molecule has 0 saturated carbocycles. The van der Waals surface area contributed by atoms with E-state index in [-0.39, 0.29) is 17.0 Å². The fourth-order valence-corrected chi connectivity index (χ4v) is 1.49. The van der Waals surface area contributed by atoms with E-state index in [4.69, 9.17) is 9.84 Å². The summed E-state index contributed by atoms with van der Waals surface area (Å²) >= 11 is 0. The van der Waals surface area contributed by atoms with Gasteiger partial charge in [0.05, 0.1) is 16.6 Å². The molecule has 0 bridgehead atoms. The second kappa shape index (κ2) is 5.18. The number of aromatic carboxylic acids is 1. The van der Waals surface area contributed by atoms with Crippen LogP contribution in [0.3, 0.4) is 0 Å². The Labute approximate surface area is 108 Å². The molecular formula is C13H9NO5. The van der Waals surface area contributed by atoms with E-state index in [0.29, 0.717) is 5.75 Å². The Morgan fingerprint density at radius 1 is 1.11 bits per heavy atom. The standard InChI is InChI=1S/C13H9NO5/c15-13(16)9-3-1-5-11(7-9)19-12-6-2-4-10(8-12)14(17)18/h1-8H,(H,15,16). The first kappa shape index (κ1) is 12.6. The molecule has 0 aliphatic carbocycles. The zero-order valence-electron chi connectivity index (χ0n) is 9.65. The van der Waals surface area contributed by atoms with Crippen LogP contribution in [-0.2, 0) is 0 Å². The number of nitro benzene ring substituents is 1. The van der Waals surface area contributed by atoms with Crippen molar-refractivity contribution in [2.75, 3.05) is 0 Å². The molecule has 0 amide bonds. The highest BCUT2D eigenvalue weighted by Crippen LogP contribution is 2.25. The van der Waals surface area contributed by atoms with Crippen molar-refractivity contribution in [2.45, 2.75) is 0 Å².